The van der Waals surface area contributed by atoms with Gasteiger partial charge in [0.1, 0.15) is 5.69 Å². The summed E-state index contributed by atoms with van der Waals surface area (Å²) in [6.45, 7) is 4.80. The number of hydrogen-bond donors (Lipinski definition) is 1. The van der Waals surface area contributed by atoms with E-state index in [-0.39, 0.29) is 11.6 Å². The number of aryl methyl sites for hydroxylation is 2. The fourth-order valence-electron chi connectivity index (χ4n) is 2.85. The van der Waals surface area contributed by atoms with Crippen molar-refractivity contribution in [2.45, 2.75) is 13.8 Å². The number of carbonyl (C=O) groups excluding carboxylic acids is 1. The number of nitrogens with zero attached hydrogens (tertiary/aromatic N) is 3. The zero-order valence-corrected chi connectivity index (χ0v) is 16.5. The fraction of sp³-hybridized carbons (Fsp3) is 0.238. The highest BCUT2D eigenvalue weighted by molar-refractivity contribution is 5.94. The quantitative estimate of drug-likeness (QED) is 0.376. The molecule has 29 heavy (non-hydrogen) atoms. The second-order valence-corrected chi connectivity index (χ2v) is 6.65. The average Bonchev–Trinajstić information content (AvgIpc) is 3.16. The lowest BCUT2D eigenvalue weighted by Gasteiger charge is -2.08. The van der Waals surface area contributed by atoms with Crippen LogP contribution in [0, 0.1) is 24.0 Å². The molecule has 0 atom stereocenters. The van der Waals surface area contributed by atoms with Gasteiger partial charge in [-0.05, 0) is 49.2 Å². The van der Waals surface area contributed by atoms with Crippen LogP contribution in [-0.2, 0) is 4.74 Å². The van der Waals surface area contributed by atoms with E-state index in [4.69, 9.17) is 4.74 Å². The molecule has 8 nitrogen and oxygen atoms in total. The molecule has 0 spiro atoms. The zero-order valence-electron chi connectivity index (χ0n) is 16.5. The van der Waals surface area contributed by atoms with E-state index in [0.29, 0.717) is 30.2 Å². The molecular weight excluding hydrogens is 372 g/mol. The molecule has 0 aliphatic heterocycles. The van der Waals surface area contributed by atoms with Gasteiger partial charge >= 0.3 is 0 Å². The summed E-state index contributed by atoms with van der Waals surface area (Å²) < 4.78 is 6.47. The van der Waals surface area contributed by atoms with Crippen molar-refractivity contribution in [1.29, 1.82) is 0 Å². The van der Waals surface area contributed by atoms with Gasteiger partial charge < -0.3 is 10.1 Å². The second-order valence-electron chi connectivity index (χ2n) is 6.65. The summed E-state index contributed by atoms with van der Waals surface area (Å²) in [5.41, 5.74) is 4.69. The number of rotatable bonds is 7. The minimum Gasteiger partial charge on any atom is -0.383 e. The van der Waals surface area contributed by atoms with Crippen LogP contribution in [0.5, 0.6) is 0 Å². The molecular formula is C21H22N4O4. The molecule has 0 aliphatic carbocycles. The van der Waals surface area contributed by atoms with E-state index in [0.717, 1.165) is 11.1 Å². The highest BCUT2D eigenvalue weighted by Crippen LogP contribution is 2.25. The Hall–Kier alpha value is -3.52. The lowest BCUT2D eigenvalue weighted by atomic mass is 10.0. The van der Waals surface area contributed by atoms with E-state index >= 15 is 0 Å². The van der Waals surface area contributed by atoms with Crippen molar-refractivity contribution in [2.75, 3.05) is 20.3 Å². The molecule has 0 bridgehead atoms. The van der Waals surface area contributed by atoms with Gasteiger partial charge in [-0.15, -0.1) is 0 Å². The Morgan fingerprint density at radius 3 is 2.48 bits per heavy atom. The Kier molecular flexibility index (Phi) is 6.04. The zero-order chi connectivity index (χ0) is 21.0. The molecule has 0 unspecified atom stereocenters. The van der Waals surface area contributed by atoms with Gasteiger partial charge in [-0.2, -0.15) is 5.10 Å². The summed E-state index contributed by atoms with van der Waals surface area (Å²) in [5, 5.41) is 18.3. The maximum absolute atomic E-state index is 12.7. The number of non-ortho nitro benzene ring substituents is 1. The number of nitro groups is 1. The van der Waals surface area contributed by atoms with Gasteiger partial charge in [-0.1, -0.05) is 12.1 Å². The van der Waals surface area contributed by atoms with Crippen molar-refractivity contribution >= 4 is 11.6 Å². The van der Waals surface area contributed by atoms with E-state index in [1.54, 1.807) is 25.3 Å². The van der Waals surface area contributed by atoms with Crippen molar-refractivity contribution in [3.8, 4) is 16.9 Å². The molecule has 150 valence electrons. The monoisotopic (exact) mass is 394 g/mol. The van der Waals surface area contributed by atoms with E-state index < -0.39 is 4.92 Å². The molecule has 1 heterocycles. The summed E-state index contributed by atoms with van der Waals surface area (Å²) >= 11 is 0. The van der Waals surface area contributed by atoms with E-state index in [9.17, 15) is 14.9 Å². The fourth-order valence-corrected chi connectivity index (χ4v) is 2.85. The van der Waals surface area contributed by atoms with Crippen LogP contribution < -0.4 is 5.32 Å². The lowest BCUT2D eigenvalue weighted by Crippen LogP contribution is -2.28. The molecule has 1 aromatic heterocycles. The largest absolute Gasteiger partial charge is 0.383 e. The maximum Gasteiger partial charge on any atom is 0.270 e. The lowest BCUT2D eigenvalue weighted by molar-refractivity contribution is -0.384. The van der Waals surface area contributed by atoms with Crippen LogP contribution in [-0.4, -0.2) is 40.9 Å². The standard InChI is InChI=1S/C21H22N4O4/c1-14-4-5-16(12-15(14)2)19-13-20(21(26)22-10-11-29-3)24(23-19)17-6-8-18(9-7-17)25(27)28/h4-9,12-13H,10-11H2,1-3H3,(H,22,26). The van der Waals surface area contributed by atoms with Crippen LogP contribution in [0.4, 0.5) is 5.69 Å². The summed E-state index contributed by atoms with van der Waals surface area (Å²) in [6, 6.07) is 13.6. The van der Waals surface area contributed by atoms with Crippen LogP contribution in [0.1, 0.15) is 21.6 Å². The molecule has 1 amide bonds. The molecule has 0 aliphatic rings. The molecule has 0 saturated carbocycles. The van der Waals surface area contributed by atoms with E-state index in [1.165, 1.54) is 22.4 Å². The van der Waals surface area contributed by atoms with Crippen molar-refractivity contribution in [3.05, 3.63) is 75.5 Å². The maximum atomic E-state index is 12.7. The van der Waals surface area contributed by atoms with Gasteiger partial charge in [0.2, 0.25) is 0 Å². The summed E-state index contributed by atoms with van der Waals surface area (Å²) in [4.78, 5) is 23.2. The van der Waals surface area contributed by atoms with Crippen molar-refractivity contribution in [1.82, 2.24) is 15.1 Å². The number of benzene rings is 2. The number of carbonyl (C=O) groups is 1. The molecule has 0 saturated heterocycles. The Labute approximate surface area is 168 Å². The van der Waals surface area contributed by atoms with Gasteiger partial charge in [0.15, 0.2) is 0 Å². The number of amides is 1. The van der Waals surface area contributed by atoms with Crippen LogP contribution >= 0.6 is 0 Å². The first kappa shape index (κ1) is 20.2. The number of ether oxygens (including phenoxy) is 1. The van der Waals surface area contributed by atoms with Crippen LogP contribution in [0.2, 0.25) is 0 Å². The van der Waals surface area contributed by atoms with Gasteiger partial charge in [0.25, 0.3) is 11.6 Å². The van der Waals surface area contributed by atoms with Crippen molar-refractivity contribution < 1.29 is 14.5 Å². The van der Waals surface area contributed by atoms with Gasteiger partial charge in [0.05, 0.1) is 22.9 Å². The van der Waals surface area contributed by atoms with Gasteiger partial charge in [0, 0.05) is 31.4 Å². The summed E-state index contributed by atoms with van der Waals surface area (Å²) in [7, 11) is 1.56. The first-order chi connectivity index (χ1) is 13.9. The van der Waals surface area contributed by atoms with Crippen molar-refractivity contribution in [3.63, 3.8) is 0 Å². The number of nitrogens with one attached hydrogen (secondary N) is 1. The van der Waals surface area contributed by atoms with Crippen LogP contribution in [0.3, 0.4) is 0 Å². The third-order valence-corrected chi connectivity index (χ3v) is 4.64. The van der Waals surface area contributed by atoms with E-state index in [1.807, 2.05) is 32.0 Å². The van der Waals surface area contributed by atoms with Crippen LogP contribution in [0.15, 0.2) is 48.5 Å². The van der Waals surface area contributed by atoms with Crippen molar-refractivity contribution in [2.24, 2.45) is 0 Å². The Morgan fingerprint density at radius 2 is 1.86 bits per heavy atom. The molecule has 1 N–H and O–H groups in total. The number of methoxy groups -OCH3 is 1. The van der Waals surface area contributed by atoms with Gasteiger partial charge in [-0.3, -0.25) is 14.9 Å². The Morgan fingerprint density at radius 1 is 1.14 bits per heavy atom. The third kappa shape index (κ3) is 4.49. The summed E-state index contributed by atoms with van der Waals surface area (Å²) in [5.74, 6) is -0.303. The molecule has 2 aromatic carbocycles. The highest BCUT2D eigenvalue weighted by atomic mass is 16.6. The predicted molar refractivity (Wildman–Crippen MR) is 109 cm³/mol. The van der Waals surface area contributed by atoms with E-state index in [2.05, 4.69) is 10.4 Å². The molecule has 3 aromatic rings. The first-order valence-corrected chi connectivity index (χ1v) is 9.10. The molecule has 0 fully saturated rings. The molecule has 8 heteroatoms. The second kappa shape index (κ2) is 8.66. The number of hydrogen-bond acceptors (Lipinski definition) is 5. The Bertz CT molecular complexity index is 1040. The van der Waals surface area contributed by atoms with Gasteiger partial charge in [-0.25, -0.2) is 4.68 Å². The normalized spacial score (nSPS) is 10.7. The predicted octanol–water partition coefficient (Wildman–Crippen LogP) is 3.44. The number of aromatic nitrogens is 2. The summed E-state index contributed by atoms with van der Waals surface area (Å²) in [6.07, 6.45) is 0. The SMILES string of the molecule is COCCNC(=O)c1cc(-c2ccc(C)c(C)c2)nn1-c1ccc([N+](=O)[O-])cc1. The first-order valence-electron chi connectivity index (χ1n) is 9.10. The topological polar surface area (TPSA) is 99.3 Å². The van der Waals surface area contributed by atoms with Crippen LogP contribution in [0.25, 0.3) is 16.9 Å². The number of nitro benzene ring substituents is 1. The third-order valence-electron chi connectivity index (χ3n) is 4.64. The Balaban J connectivity index is 2.04. The highest BCUT2D eigenvalue weighted by Gasteiger charge is 2.18. The molecule has 0 radical (unpaired) electrons. The minimum atomic E-state index is -0.467. The smallest absolute Gasteiger partial charge is 0.270 e. The molecule has 3 rings (SSSR count). The minimum absolute atomic E-state index is 0.0265. The average molecular weight is 394 g/mol.